The Morgan fingerprint density at radius 1 is 1.33 bits per heavy atom. The van der Waals surface area contributed by atoms with E-state index >= 15 is 0 Å². The minimum Gasteiger partial charge on any atom is -0.493 e. The molecule has 0 aliphatic carbocycles. The molecule has 0 aliphatic rings. The lowest BCUT2D eigenvalue weighted by atomic mass is 10.2. The highest BCUT2D eigenvalue weighted by Gasteiger charge is 1.99. The molecule has 0 saturated carbocycles. The summed E-state index contributed by atoms with van der Waals surface area (Å²) >= 11 is 5.64. The zero-order valence-electron chi connectivity index (χ0n) is 7.16. The summed E-state index contributed by atoms with van der Waals surface area (Å²) in [6.45, 7) is 2.75. The standard InChI is InChI=1S/C10H13ClO/c1-9(7-11)8-12-10-5-3-2-4-6-10/h2-6,9H,7-8H2,1H3. The maximum atomic E-state index is 5.64. The predicted molar refractivity (Wildman–Crippen MR) is 51.8 cm³/mol. The van der Waals surface area contributed by atoms with Gasteiger partial charge in [-0.3, -0.25) is 0 Å². The first kappa shape index (κ1) is 9.40. The summed E-state index contributed by atoms with van der Waals surface area (Å²) in [7, 11) is 0. The second-order valence-corrected chi connectivity index (χ2v) is 3.19. The van der Waals surface area contributed by atoms with Crippen molar-refractivity contribution in [3.05, 3.63) is 30.3 Å². The van der Waals surface area contributed by atoms with Crippen molar-refractivity contribution in [3.8, 4) is 5.75 Å². The molecule has 1 aromatic carbocycles. The third-order valence-electron chi connectivity index (χ3n) is 1.54. The van der Waals surface area contributed by atoms with Gasteiger partial charge in [0.15, 0.2) is 0 Å². The van der Waals surface area contributed by atoms with Gasteiger partial charge in [-0.15, -0.1) is 11.6 Å². The summed E-state index contributed by atoms with van der Waals surface area (Å²) in [4.78, 5) is 0. The minimum atomic E-state index is 0.409. The van der Waals surface area contributed by atoms with Gasteiger partial charge in [0.25, 0.3) is 0 Å². The molecule has 0 N–H and O–H groups in total. The summed E-state index contributed by atoms with van der Waals surface area (Å²) in [5.74, 6) is 1.97. The third kappa shape index (κ3) is 3.14. The molecule has 66 valence electrons. The van der Waals surface area contributed by atoms with Crippen molar-refractivity contribution in [3.63, 3.8) is 0 Å². The lowest BCUT2D eigenvalue weighted by molar-refractivity contribution is 0.273. The highest BCUT2D eigenvalue weighted by molar-refractivity contribution is 6.18. The van der Waals surface area contributed by atoms with Gasteiger partial charge in [0.05, 0.1) is 6.61 Å². The van der Waals surface area contributed by atoms with Crippen molar-refractivity contribution in [2.24, 2.45) is 5.92 Å². The number of hydrogen-bond acceptors (Lipinski definition) is 1. The molecule has 2 heteroatoms. The summed E-state index contributed by atoms with van der Waals surface area (Å²) in [5.41, 5.74) is 0. The predicted octanol–water partition coefficient (Wildman–Crippen LogP) is 2.94. The van der Waals surface area contributed by atoms with Crippen LogP contribution < -0.4 is 4.74 Å². The van der Waals surface area contributed by atoms with Crippen molar-refractivity contribution in [1.82, 2.24) is 0 Å². The van der Waals surface area contributed by atoms with Crippen molar-refractivity contribution < 1.29 is 4.74 Å². The second-order valence-electron chi connectivity index (χ2n) is 2.88. The second kappa shape index (κ2) is 5.04. The molecule has 0 radical (unpaired) electrons. The molecule has 0 bridgehead atoms. The number of benzene rings is 1. The van der Waals surface area contributed by atoms with Gasteiger partial charge < -0.3 is 4.74 Å². The SMILES string of the molecule is CC(CCl)COc1ccccc1. The van der Waals surface area contributed by atoms with Gasteiger partial charge in [0.2, 0.25) is 0 Å². The van der Waals surface area contributed by atoms with Crippen LogP contribution in [0.1, 0.15) is 6.92 Å². The fraction of sp³-hybridized carbons (Fsp3) is 0.400. The molecule has 1 rings (SSSR count). The van der Waals surface area contributed by atoms with E-state index in [0.717, 1.165) is 5.75 Å². The normalized spacial score (nSPS) is 12.5. The Hall–Kier alpha value is -0.690. The number of halogens is 1. The first-order chi connectivity index (χ1) is 5.83. The fourth-order valence-corrected chi connectivity index (χ4v) is 0.889. The Kier molecular flexibility index (Phi) is 3.95. The number of ether oxygens (including phenoxy) is 1. The van der Waals surface area contributed by atoms with Gasteiger partial charge in [-0.2, -0.15) is 0 Å². The van der Waals surface area contributed by atoms with Gasteiger partial charge in [0, 0.05) is 11.8 Å². The van der Waals surface area contributed by atoms with Crippen LogP contribution in [0.2, 0.25) is 0 Å². The van der Waals surface area contributed by atoms with E-state index in [0.29, 0.717) is 18.4 Å². The topological polar surface area (TPSA) is 9.23 Å². The van der Waals surface area contributed by atoms with Gasteiger partial charge in [-0.1, -0.05) is 25.1 Å². The number of para-hydroxylation sites is 1. The van der Waals surface area contributed by atoms with Crippen LogP contribution >= 0.6 is 11.6 Å². The monoisotopic (exact) mass is 184 g/mol. The van der Waals surface area contributed by atoms with E-state index in [-0.39, 0.29) is 0 Å². The number of hydrogen-bond donors (Lipinski definition) is 0. The summed E-state index contributed by atoms with van der Waals surface area (Å²) in [6.07, 6.45) is 0. The molecule has 0 spiro atoms. The molecule has 1 nitrogen and oxygen atoms in total. The molecule has 1 unspecified atom stereocenters. The van der Waals surface area contributed by atoms with E-state index in [2.05, 4.69) is 6.92 Å². The molecular weight excluding hydrogens is 172 g/mol. The van der Waals surface area contributed by atoms with E-state index in [9.17, 15) is 0 Å². The van der Waals surface area contributed by atoms with E-state index in [1.807, 2.05) is 30.3 Å². The maximum Gasteiger partial charge on any atom is 0.119 e. The van der Waals surface area contributed by atoms with Crippen molar-refractivity contribution >= 4 is 11.6 Å². The van der Waals surface area contributed by atoms with Crippen LogP contribution in [0.5, 0.6) is 5.75 Å². The smallest absolute Gasteiger partial charge is 0.119 e. The van der Waals surface area contributed by atoms with Gasteiger partial charge in [-0.25, -0.2) is 0 Å². The van der Waals surface area contributed by atoms with Crippen LogP contribution in [0.15, 0.2) is 30.3 Å². The number of alkyl halides is 1. The Morgan fingerprint density at radius 3 is 2.58 bits per heavy atom. The van der Waals surface area contributed by atoms with Gasteiger partial charge in [-0.05, 0) is 12.1 Å². The third-order valence-corrected chi connectivity index (χ3v) is 2.07. The van der Waals surface area contributed by atoms with Crippen LogP contribution in [0.3, 0.4) is 0 Å². The van der Waals surface area contributed by atoms with E-state index in [4.69, 9.17) is 16.3 Å². The first-order valence-corrected chi connectivity index (χ1v) is 4.60. The van der Waals surface area contributed by atoms with Crippen molar-refractivity contribution in [1.29, 1.82) is 0 Å². The molecular formula is C10H13ClO. The summed E-state index contributed by atoms with van der Waals surface area (Å²) < 4.78 is 5.47. The molecule has 0 amide bonds. The van der Waals surface area contributed by atoms with Crippen LogP contribution in [0.25, 0.3) is 0 Å². The van der Waals surface area contributed by atoms with Crippen LogP contribution in [-0.2, 0) is 0 Å². The van der Waals surface area contributed by atoms with Crippen LogP contribution in [0, 0.1) is 5.92 Å². The molecule has 1 atom stereocenters. The van der Waals surface area contributed by atoms with Gasteiger partial charge >= 0.3 is 0 Å². The fourth-order valence-electron chi connectivity index (χ4n) is 0.800. The van der Waals surface area contributed by atoms with Crippen LogP contribution in [-0.4, -0.2) is 12.5 Å². The first-order valence-electron chi connectivity index (χ1n) is 4.06. The summed E-state index contributed by atoms with van der Waals surface area (Å²) in [5, 5.41) is 0. The Balaban J connectivity index is 2.33. The molecule has 0 aliphatic heterocycles. The molecule has 0 saturated heterocycles. The number of rotatable bonds is 4. The molecule has 1 aromatic rings. The van der Waals surface area contributed by atoms with Gasteiger partial charge in [0.1, 0.15) is 5.75 Å². The zero-order valence-corrected chi connectivity index (χ0v) is 7.92. The molecule has 12 heavy (non-hydrogen) atoms. The maximum absolute atomic E-state index is 5.64. The molecule has 0 heterocycles. The van der Waals surface area contributed by atoms with E-state index in [1.165, 1.54) is 0 Å². The average Bonchev–Trinajstić information content (AvgIpc) is 2.16. The Morgan fingerprint density at radius 2 is 2.00 bits per heavy atom. The summed E-state index contributed by atoms with van der Waals surface area (Å²) in [6, 6.07) is 9.78. The van der Waals surface area contributed by atoms with Crippen LogP contribution in [0.4, 0.5) is 0 Å². The largest absolute Gasteiger partial charge is 0.493 e. The van der Waals surface area contributed by atoms with E-state index < -0.39 is 0 Å². The van der Waals surface area contributed by atoms with E-state index in [1.54, 1.807) is 0 Å². The van der Waals surface area contributed by atoms with Crippen molar-refractivity contribution in [2.45, 2.75) is 6.92 Å². The lowest BCUT2D eigenvalue weighted by Crippen LogP contribution is -2.09. The quantitative estimate of drug-likeness (QED) is 0.654. The molecule has 0 fully saturated rings. The lowest BCUT2D eigenvalue weighted by Gasteiger charge is -2.09. The average molecular weight is 185 g/mol. The zero-order chi connectivity index (χ0) is 8.81. The Bertz CT molecular complexity index is 210. The minimum absolute atomic E-state index is 0.409. The highest BCUT2D eigenvalue weighted by Crippen LogP contribution is 2.10. The molecule has 0 aromatic heterocycles. The highest BCUT2D eigenvalue weighted by atomic mass is 35.5. The van der Waals surface area contributed by atoms with Crippen molar-refractivity contribution in [2.75, 3.05) is 12.5 Å². The Labute approximate surface area is 78.3 Å².